The SMILES string of the molecule is C#CCCC(NCCC)c1ccc(I)cc1. The van der Waals surface area contributed by atoms with Gasteiger partial charge in [-0.3, -0.25) is 0 Å². The zero-order valence-electron chi connectivity index (χ0n) is 9.67. The average molecular weight is 327 g/mol. The third-order valence-corrected chi connectivity index (χ3v) is 3.21. The highest BCUT2D eigenvalue weighted by atomic mass is 127. The van der Waals surface area contributed by atoms with Gasteiger partial charge in [0.1, 0.15) is 0 Å². The molecular weight excluding hydrogens is 309 g/mol. The van der Waals surface area contributed by atoms with Crippen LogP contribution in [0.5, 0.6) is 0 Å². The second kappa shape index (κ2) is 7.70. The third-order valence-electron chi connectivity index (χ3n) is 2.49. The van der Waals surface area contributed by atoms with Gasteiger partial charge in [0.05, 0.1) is 0 Å². The zero-order valence-corrected chi connectivity index (χ0v) is 11.8. The highest BCUT2D eigenvalue weighted by Crippen LogP contribution is 2.19. The van der Waals surface area contributed by atoms with Crippen LogP contribution in [-0.2, 0) is 0 Å². The molecule has 0 radical (unpaired) electrons. The average Bonchev–Trinajstić information content (AvgIpc) is 2.31. The lowest BCUT2D eigenvalue weighted by molar-refractivity contribution is 0.505. The van der Waals surface area contributed by atoms with Gasteiger partial charge in [-0.1, -0.05) is 19.1 Å². The summed E-state index contributed by atoms with van der Waals surface area (Å²) in [5.41, 5.74) is 1.34. The standard InChI is InChI=1S/C14H18IN/c1-3-5-6-14(16-11-4-2)12-7-9-13(15)10-8-12/h1,7-10,14,16H,4-6,11H2,2H3. The van der Waals surface area contributed by atoms with Crippen molar-refractivity contribution in [2.75, 3.05) is 6.54 Å². The van der Waals surface area contributed by atoms with E-state index in [1.165, 1.54) is 9.13 Å². The normalized spacial score (nSPS) is 12.1. The first-order chi connectivity index (χ1) is 7.77. The lowest BCUT2D eigenvalue weighted by atomic mass is 10.0. The number of benzene rings is 1. The smallest absolute Gasteiger partial charge is 0.0329 e. The van der Waals surface area contributed by atoms with Crippen molar-refractivity contribution in [3.63, 3.8) is 0 Å². The first kappa shape index (κ1) is 13.5. The van der Waals surface area contributed by atoms with Crippen molar-refractivity contribution in [3.8, 4) is 12.3 Å². The Kier molecular flexibility index (Phi) is 6.51. The molecule has 1 nitrogen and oxygen atoms in total. The maximum absolute atomic E-state index is 5.33. The van der Waals surface area contributed by atoms with Crippen molar-refractivity contribution in [1.82, 2.24) is 5.32 Å². The maximum atomic E-state index is 5.33. The van der Waals surface area contributed by atoms with Gasteiger partial charge in [0.2, 0.25) is 0 Å². The summed E-state index contributed by atoms with van der Waals surface area (Å²) < 4.78 is 1.27. The fourth-order valence-electron chi connectivity index (χ4n) is 1.63. The van der Waals surface area contributed by atoms with Crippen LogP contribution < -0.4 is 5.32 Å². The van der Waals surface area contributed by atoms with Crippen LogP contribution in [0.15, 0.2) is 24.3 Å². The minimum Gasteiger partial charge on any atom is -0.310 e. The van der Waals surface area contributed by atoms with Crippen molar-refractivity contribution in [3.05, 3.63) is 33.4 Å². The predicted octanol–water partition coefficient (Wildman–Crippen LogP) is 3.75. The zero-order chi connectivity index (χ0) is 11.8. The molecule has 0 amide bonds. The molecule has 0 spiro atoms. The van der Waals surface area contributed by atoms with Crippen molar-refractivity contribution in [2.45, 2.75) is 32.2 Å². The minimum atomic E-state index is 0.396. The predicted molar refractivity (Wildman–Crippen MR) is 78.3 cm³/mol. The molecule has 0 aliphatic carbocycles. The van der Waals surface area contributed by atoms with Crippen LogP contribution in [0, 0.1) is 15.9 Å². The summed E-state index contributed by atoms with van der Waals surface area (Å²) in [4.78, 5) is 0. The van der Waals surface area contributed by atoms with E-state index < -0.39 is 0 Å². The molecule has 0 saturated carbocycles. The number of rotatable bonds is 6. The minimum absolute atomic E-state index is 0.396. The van der Waals surface area contributed by atoms with Crippen molar-refractivity contribution < 1.29 is 0 Å². The molecule has 0 bridgehead atoms. The lowest BCUT2D eigenvalue weighted by Crippen LogP contribution is -2.22. The Hall–Kier alpha value is -0.530. The third kappa shape index (κ3) is 4.54. The van der Waals surface area contributed by atoms with Crippen molar-refractivity contribution in [2.24, 2.45) is 0 Å². The van der Waals surface area contributed by atoms with E-state index in [0.717, 1.165) is 25.8 Å². The summed E-state index contributed by atoms with van der Waals surface area (Å²) in [5, 5.41) is 3.54. The fraction of sp³-hybridized carbons (Fsp3) is 0.429. The van der Waals surface area contributed by atoms with Crippen LogP contribution in [0.1, 0.15) is 37.8 Å². The molecule has 0 aliphatic rings. The van der Waals surface area contributed by atoms with E-state index in [1.54, 1.807) is 0 Å². The molecule has 1 N–H and O–H groups in total. The van der Waals surface area contributed by atoms with E-state index in [9.17, 15) is 0 Å². The van der Waals surface area contributed by atoms with E-state index >= 15 is 0 Å². The molecular formula is C14H18IN. The summed E-state index contributed by atoms with van der Waals surface area (Å²) in [7, 11) is 0. The Bertz CT molecular complexity index is 337. The first-order valence-corrected chi connectivity index (χ1v) is 6.78. The summed E-state index contributed by atoms with van der Waals surface area (Å²) in [6.07, 6.45) is 8.32. The molecule has 1 aromatic carbocycles. The molecule has 1 rings (SSSR count). The quantitative estimate of drug-likeness (QED) is 0.620. The van der Waals surface area contributed by atoms with Gasteiger partial charge >= 0.3 is 0 Å². The van der Waals surface area contributed by atoms with Gasteiger partial charge in [0.25, 0.3) is 0 Å². The molecule has 16 heavy (non-hydrogen) atoms. The van der Waals surface area contributed by atoms with Gasteiger partial charge in [0.15, 0.2) is 0 Å². The largest absolute Gasteiger partial charge is 0.310 e. The highest BCUT2D eigenvalue weighted by Gasteiger charge is 2.09. The number of hydrogen-bond donors (Lipinski definition) is 1. The first-order valence-electron chi connectivity index (χ1n) is 5.70. The van der Waals surface area contributed by atoms with Crippen molar-refractivity contribution in [1.29, 1.82) is 0 Å². The Morgan fingerprint density at radius 1 is 1.38 bits per heavy atom. The van der Waals surface area contributed by atoms with Crippen LogP contribution in [0.25, 0.3) is 0 Å². The summed E-state index contributed by atoms with van der Waals surface area (Å²) >= 11 is 2.32. The van der Waals surface area contributed by atoms with Crippen LogP contribution in [0.3, 0.4) is 0 Å². The number of terminal acetylenes is 1. The molecule has 1 aromatic rings. The van der Waals surface area contributed by atoms with Crippen LogP contribution in [0.4, 0.5) is 0 Å². The molecule has 0 heterocycles. The number of hydrogen-bond acceptors (Lipinski definition) is 1. The van der Waals surface area contributed by atoms with Gasteiger partial charge < -0.3 is 5.32 Å². The topological polar surface area (TPSA) is 12.0 Å². The maximum Gasteiger partial charge on any atom is 0.0329 e. The fourth-order valence-corrected chi connectivity index (χ4v) is 1.99. The lowest BCUT2D eigenvalue weighted by Gasteiger charge is -2.18. The van der Waals surface area contributed by atoms with E-state index in [0.29, 0.717) is 6.04 Å². The van der Waals surface area contributed by atoms with Crippen LogP contribution in [0.2, 0.25) is 0 Å². The van der Waals surface area contributed by atoms with Crippen LogP contribution >= 0.6 is 22.6 Å². The molecule has 0 aliphatic heterocycles. The molecule has 2 heteroatoms. The molecule has 0 aromatic heterocycles. The van der Waals surface area contributed by atoms with Crippen LogP contribution in [-0.4, -0.2) is 6.54 Å². The Morgan fingerprint density at radius 3 is 2.62 bits per heavy atom. The van der Waals surface area contributed by atoms with Gasteiger partial charge in [-0.25, -0.2) is 0 Å². The summed E-state index contributed by atoms with van der Waals surface area (Å²) in [6.45, 7) is 3.22. The van der Waals surface area contributed by atoms with E-state index in [4.69, 9.17) is 6.42 Å². The van der Waals surface area contributed by atoms with Gasteiger partial charge in [-0.15, -0.1) is 12.3 Å². The highest BCUT2D eigenvalue weighted by molar-refractivity contribution is 14.1. The monoisotopic (exact) mass is 327 g/mol. The number of nitrogens with one attached hydrogen (secondary N) is 1. The Balaban J connectivity index is 2.67. The Labute approximate surface area is 112 Å². The van der Waals surface area contributed by atoms with E-state index in [2.05, 4.69) is 65.0 Å². The van der Waals surface area contributed by atoms with Gasteiger partial charge in [0, 0.05) is 16.0 Å². The second-order valence-corrected chi connectivity index (χ2v) is 5.05. The molecule has 86 valence electrons. The molecule has 0 fully saturated rings. The summed E-state index contributed by atoms with van der Waals surface area (Å²) in [6, 6.07) is 9.06. The van der Waals surface area contributed by atoms with E-state index in [1.807, 2.05) is 0 Å². The Morgan fingerprint density at radius 2 is 2.06 bits per heavy atom. The van der Waals surface area contributed by atoms with Gasteiger partial charge in [-0.2, -0.15) is 0 Å². The van der Waals surface area contributed by atoms with E-state index in [-0.39, 0.29) is 0 Å². The van der Waals surface area contributed by atoms with Crippen molar-refractivity contribution >= 4 is 22.6 Å². The summed E-state index contributed by atoms with van der Waals surface area (Å²) in [5.74, 6) is 2.71. The molecule has 1 atom stereocenters. The molecule has 0 saturated heterocycles. The molecule has 1 unspecified atom stereocenters. The van der Waals surface area contributed by atoms with Gasteiger partial charge in [-0.05, 0) is 59.7 Å². The second-order valence-electron chi connectivity index (χ2n) is 3.80. The number of halogens is 1.